The Morgan fingerprint density at radius 1 is 1.26 bits per heavy atom. The Hall–Kier alpha value is -1.06. The monoisotopic (exact) mass is 284 g/mol. The average molecular weight is 285 g/mol. The van der Waals surface area contributed by atoms with Crippen molar-refractivity contribution < 1.29 is 4.79 Å². The number of anilines is 1. The van der Waals surface area contributed by atoms with E-state index < -0.39 is 0 Å². The Bertz CT molecular complexity index is 382. The van der Waals surface area contributed by atoms with E-state index in [4.69, 9.17) is 0 Å². The van der Waals surface area contributed by atoms with Gasteiger partial charge in [0, 0.05) is 18.7 Å². The van der Waals surface area contributed by atoms with Gasteiger partial charge in [-0.15, -0.1) is 12.4 Å². The van der Waals surface area contributed by atoms with E-state index >= 15 is 0 Å². The van der Waals surface area contributed by atoms with Gasteiger partial charge in [-0.05, 0) is 38.6 Å². The van der Waals surface area contributed by atoms with Crippen molar-refractivity contribution >= 4 is 24.0 Å². The molecule has 0 atom stereocenters. The van der Waals surface area contributed by atoms with Crippen LogP contribution in [0.1, 0.15) is 31.7 Å². The van der Waals surface area contributed by atoms with Crippen molar-refractivity contribution in [2.75, 3.05) is 25.5 Å². The second-order valence-corrected chi connectivity index (χ2v) is 4.77. The van der Waals surface area contributed by atoms with Crippen molar-refractivity contribution in [3.05, 3.63) is 29.8 Å². The van der Waals surface area contributed by atoms with E-state index in [1.54, 1.807) is 0 Å². The first-order chi connectivity index (χ1) is 8.63. The molecule has 19 heavy (non-hydrogen) atoms. The van der Waals surface area contributed by atoms with Gasteiger partial charge in [0.15, 0.2) is 0 Å². The maximum atomic E-state index is 11.8. The Morgan fingerprint density at radius 3 is 2.58 bits per heavy atom. The molecule has 1 amide bonds. The molecule has 0 aliphatic carbocycles. The fraction of sp³-hybridized carbons (Fsp3) is 0.533. The van der Waals surface area contributed by atoms with E-state index in [0.29, 0.717) is 6.42 Å². The third-order valence-electron chi connectivity index (χ3n) is 3.03. The summed E-state index contributed by atoms with van der Waals surface area (Å²) in [7, 11) is 2.07. The second kappa shape index (κ2) is 9.82. The van der Waals surface area contributed by atoms with Gasteiger partial charge in [-0.2, -0.15) is 0 Å². The molecule has 0 unspecified atom stereocenters. The molecule has 0 spiro atoms. The molecule has 4 heteroatoms. The van der Waals surface area contributed by atoms with Gasteiger partial charge in [0.05, 0.1) is 0 Å². The van der Waals surface area contributed by atoms with Crippen LogP contribution in [0, 0.1) is 6.92 Å². The molecule has 3 nitrogen and oxygen atoms in total. The number of nitrogens with one attached hydrogen (secondary N) is 1. The van der Waals surface area contributed by atoms with Crippen LogP contribution in [0.2, 0.25) is 0 Å². The molecule has 0 aromatic heterocycles. The summed E-state index contributed by atoms with van der Waals surface area (Å²) < 4.78 is 0. The number of amides is 1. The lowest BCUT2D eigenvalue weighted by Gasteiger charge is -2.16. The van der Waals surface area contributed by atoms with E-state index in [0.717, 1.165) is 24.3 Å². The number of halogens is 1. The number of aryl methyl sites for hydroxylation is 1. The smallest absolute Gasteiger partial charge is 0.225 e. The standard InChI is InChI=1S/C15H24N2O.ClH/c1-4-5-11-17(3)12-10-15(18)16-14-9-7-6-8-13(14)2;/h6-9H,4-5,10-12H2,1-3H3,(H,16,18);1H. The van der Waals surface area contributed by atoms with E-state index in [-0.39, 0.29) is 18.3 Å². The molecule has 0 radical (unpaired) electrons. The molecule has 0 fully saturated rings. The summed E-state index contributed by atoms with van der Waals surface area (Å²) in [4.78, 5) is 14.0. The molecule has 0 aliphatic heterocycles. The molecule has 1 aromatic carbocycles. The Balaban J connectivity index is 0.00000324. The first kappa shape index (κ1) is 17.9. The number of carbonyl (C=O) groups is 1. The summed E-state index contributed by atoms with van der Waals surface area (Å²) in [6.45, 7) is 6.06. The van der Waals surface area contributed by atoms with Gasteiger partial charge < -0.3 is 10.2 Å². The van der Waals surface area contributed by atoms with Crippen LogP contribution < -0.4 is 5.32 Å². The summed E-state index contributed by atoms with van der Waals surface area (Å²) in [5.74, 6) is 0.0904. The lowest BCUT2D eigenvalue weighted by molar-refractivity contribution is -0.116. The van der Waals surface area contributed by atoms with E-state index in [9.17, 15) is 4.79 Å². The van der Waals surface area contributed by atoms with Crippen LogP contribution in [0.15, 0.2) is 24.3 Å². The van der Waals surface area contributed by atoms with Crippen LogP contribution in [-0.4, -0.2) is 30.9 Å². The van der Waals surface area contributed by atoms with Crippen molar-refractivity contribution in [1.29, 1.82) is 0 Å². The van der Waals surface area contributed by atoms with Gasteiger partial charge in [0.2, 0.25) is 5.91 Å². The SMILES string of the molecule is CCCCN(C)CCC(=O)Nc1ccccc1C.Cl. The third-order valence-corrected chi connectivity index (χ3v) is 3.03. The summed E-state index contributed by atoms with van der Waals surface area (Å²) in [5, 5.41) is 2.96. The van der Waals surface area contributed by atoms with Crippen molar-refractivity contribution in [1.82, 2.24) is 4.90 Å². The lowest BCUT2D eigenvalue weighted by Crippen LogP contribution is -2.25. The van der Waals surface area contributed by atoms with Crippen LogP contribution in [0.3, 0.4) is 0 Å². The van der Waals surface area contributed by atoms with Gasteiger partial charge in [-0.25, -0.2) is 0 Å². The maximum absolute atomic E-state index is 11.8. The quantitative estimate of drug-likeness (QED) is 0.831. The summed E-state index contributed by atoms with van der Waals surface area (Å²) in [6, 6.07) is 7.86. The lowest BCUT2D eigenvalue weighted by atomic mass is 10.2. The van der Waals surface area contributed by atoms with Gasteiger partial charge in [-0.1, -0.05) is 31.5 Å². The molecule has 0 saturated heterocycles. The largest absolute Gasteiger partial charge is 0.326 e. The average Bonchev–Trinajstić information content (AvgIpc) is 2.36. The van der Waals surface area contributed by atoms with Gasteiger partial charge in [-0.3, -0.25) is 4.79 Å². The number of unbranched alkanes of at least 4 members (excludes halogenated alkanes) is 1. The number of hydrogen-bond donors (Lipinski definition) is 1. The topological polar surface area (TPSA) is 32.3 Å². The number of para-hydroxylation sites is 1. The van der Waals surface area contributed by atoms with Crippen molar-refractivity contribution in [2.24, 2.45) is 0 Å². The van der Waals surface area contributed by atoms with Crippen LogP contribution in [0.25, 0.3) is 0 Å². The fourth-order valence-corrected chi connectivity index (χ4v) is 1.76. The molecule has 1 N–H and O–H groups in total. The number of hydrogen-bond acceptors (Lipinski definition) is 2. The van der Waals surface area contributed by atoms with Crippen molar-refractivity contribution in [3.63, 3.8) is 0 Å². The van der Waals surface area contributed by atoms with Crippen LogP contribution >= 0.6 is 12.4 Å². The zero-order valence-corrected chi connectivity index (χ0v) is 12.9. The zero-order valence-electron chi connectivity index (χ0n) is 12.1. The van der Waals surface area contributed by atoms with Crippen LogP contribution in [0.4, 0.5) is 5.69 Å². The highest BCUT2D eigenvalue weighted by atomic mass is 35.5. The van der Waals surface area contributed by atoms with Gasteiger partial charge >= 0.3 is 0 Å². The van der Waals surface area contributed by atoms with E-state index in [1.807, 2.05) is 31.2 Å². The predicted octanol–water partition coefficient (Wildman–Crippen LogP) is 3.48. The minimum atomic E-state index is 0. The molecular weight excluding hydrogens is 260 g/mol. The second-order valence-electron chi connectivity index (χ2n) is 4.77. The number of nitrogens with zero attached hydrogens (tertiary/aromatic N) is 1. The summed E-state index contributed by atoms with van der Waals surface area (Å²) in [5.41, 5.74) is 2.02. The first-order valence-corrected chi connectivity index (χ1v) is 6.67. The minimum absolute atomic E-state index is 0. The molecule has 1 rings (SSSR count). The molecule has 0 heterocycles. The predicted molar refractivity (Wildman–Crippen MR) is 84.1 cm³/mol. The fourth-order valence-electron chi connectivity index (χ4n) is 1.76. The van der Waals surface area contributed by atoms with Gasteiger partial charge in [0.25, 0.3) is 0 Å². The molecular formula is C15H25ClN2O. The Kier molecular flexibility index (Phi) is 9.27. The summed E-state index contributed by atoms with van der Waals surface area (Å²) in [6.07, 6.45) is 2.93. The molecule has 0 saturated carbocycles. The highest BCUT2D eigenvalue weighted by Crippen LogP contribution is 2.13. The van der Waals surface area contributed by atoms with Crippen molar-refractivity contribution in [2.45, 2.75) is 33.1 Å². The molecule has 108 valence electrons. The normalized spacial score (nSPS) is 10.1. The van der Waals surface area contributed by atoms with E-state index in [1.165, 1.54) is 12.8 Å². The van der Waals surface area contributed by atoms with Crippen LogP contribution in [0.5, 0.6) is 0 Å². The van der Waals surface area contributed by atoms with Crippen LogP contribution in [-0.2, 0) is 4.79 Å². The number of rotatable bonds is 7. The minimum Gasteiger partial charge on any atom is -0.326 e. The number of carbonyl (C=O) groups excluding carboxylic acids is 1. The van der Waals surface area contributed by atoms with Gasteiger partial charge in [0.1, 0.15) is 0 Å². The maximum Gasteiger partial charge on any atom is 0.225 e. The third kappa shape index (κ3) is 7.19. The molecule has 1 aromatic rings. The molecule has 0 aliphatic rings. The molecule has 0 bridgehead atoms. The highest BCUT2D eigenvalue weighted by Gasteiger charge is 2.05. The zero-order chi connectivity index (χ0) is 13.4. The number of benzene rings is 1. The van der Waals surface area contributed by atoms with E-state index in [2.05, 4.69) is 24.2 Å². The Labute approximate surface area is 122 Å². The summed E-state index contributed by atoms with van der Waals surface area (Å²) >= 11 is 0. The van der Waals surface area contributed by atoms with Crippen molar-refractivity contribution in [3.8, 4) is 0 Å². The first-order valence-electron chi connectivity index (χ1n) is 6.67. The Morgan fingerprint density at radius 2 is 1.95 bits per heavy atom. The highest BCUT2D eigenvalue weighted by molar-refractivity contribution is 5.91.